The molecular weight excluding hydrogens is 294 g/mol. The lowest BCUT2D eigenvalue weighted by Gasteiger charge is -2.13. The van der Waals surface area contributed by atoms with E-state index in [1.165, 1.54) is 25.2 Å². The molecule has 0 spiro atoms. The van der Waals surface area contributed by atoms with Crippen molar-refractivity contribution in [1.29, 1.82) is 0 Å². The highest BCUT2D eigenvalue weighted by molar-refractivity contribution is 5.96. The summed E-state index contributed by atoms with van der Waals surface area (Å²) in [6, 6.07) is 3.68. The topological polar surface area (TPSA) is 103 Å². The van der Waals surface area contributed by atoms with Crippen molar-refractivity contribution in [2.45, 2.75) is 38.3 Å². The third kappa shape index (κ3) is 3.94. The standard InChI is InChI=1S/C16H19N5O2/c17-15-14(19-7-8-20-15)16(22)21-10-11-5-6-18-13(9-11)23-12-3-1-2-4-12/h5-9,12H,1-4,10H2,(H2,17,20)(H,21,22). The summed E-state index contributed by atoms with van der Waals surface area (Å²) in [5.74, 6) is 0.360. The molecule has 2 aromatic rings. The van der Waals surface area contributed by atoms with Crippen molar-refractivity contribution in [2.24, 2.45) is 0 Å². The summed E-state index contributed by atoms with van der Waals surface area (Å²) in [6.07, 6.45) is 9.39. The SMILES string of the molecule is Nc1nccnc1C(=O)NCc1ccnc(OC2CCCC2)c1. The van der Waals surface area contributed by atoms with Crippen molar-refractivity contribution in [3.8, 4) is 5.88 Å². The van der Waals surface area contributed by atoms with Gasteiger partial charge in [0.05, 0.1) is 0 Å². The number of nitrogens with two attached hydrogens (primary N) is 1. The molecule has 2 heterocycles. The highest BCUT2D eigenvalue weighted by atomic mass is 16.5. The zero-order valence-corrected chi connectivity index (χ0v) is 12.7. The molecule has 1 aliphatic carbocycles. The van der Waals surface area contributed by atoms with Gasteiger partial charge in [-0.15, -0.1) is 0 Å². The zero-order chi connectivity index (χ0) is 16.1. The van der Waals surface area contributed by atoms with Crippen molar-refractivity contribution in [3.05, 3.63) is 42.0 Å². The number of pyridine rings is 1. The number of nitrogen functional groups attached to an aromatic ring is 1. The molecule has 1 amide bonds. The van der Waals surface area contributed by atoms with E-state index in [1.807, 2.05) is 12.1 Å². The predicted molar refractivity (Wildman–Crippen MR) is 84.7 cm³/mol. The second kappa shape index (κ2) is 7.04. The van der Waals surface area contributed by atoms with Crippen LogP contribution < -0.4 is 15.8 Å². The first-order valence-electron chi connectivity index (χ1n) is 7.68. The van der Waals surface area contributed by atoms with Crippen molar-refractivity contribution in [2.75, 3.05) is 5.73 Å². The van der Waals surface area contributed by atoms with E-state index in [9.17, 15) is 4.79 Å². The van der Waals surface area contributed by atoms with Crippen LogP contribution in [-0.2, 0) is 6.54 Å². The summed E-state index contributed by atoms with van der Waals surface area (Å²) >= 11 is 0. The molecule has 1 aliphatic rings. The fourth-order valence-corrected chi connectivity index (χ4v) is 2.59. The van der Waals surface area contributed by atoms with E-state index < -0.39 is 0 Å². The molecule has 0 aromatic carbocycles. The van der Waals surface area contributed by atoms with Gasteiger partial charge in [-0.25, -0.2) is 15.0 Å². The molecule has 120 valence electrons. The monoisotopic (exact) mass is 313 g/mol. The Labute approximate surface area is 134 Å². The second-order valence-corrected chi connectivity index (χ2v) is 5.50. The second-order valence-electron chi connectivity index (χ2n) is 5.50. The summed E-state index contributed by atoms with van der Waals surface area (Å²) < 4.78 is 5.86. The summed E-state index contributed by atoms with van der Waals surface area (Å²) in [4.78, 5) is 24.1. The predicted octanol–water partition coefficient (Wildman–Crippen LogP) is 1.71. The highest BCUT2D eigenvalue weighted by Crippen LogP contribution is 2.23. The zero-order valence-electron chi connectivity index (χ0n) is 12.7. The minimum Gasteiger partial charge on any atom is -0.474 e. The fraction of sp³-hybridized carbons (Fsp3) is 0.375. The van der Waals surface area contributed by atoms with Gasteiger partial charge in [0.15, 0.2) is 11.5 Å². The van der Waals surface area contributed by atoms with E-state index in [1.54, 1.807) is 6.20 Å². The number of amides is 1. The van der Waals surface area contributed by atoms with Crippen LogP contribution in [0.4, 0.5) is 5.82 Å². The van der Waals surface area contributed by atoms with Crippen LogP contribution >= 0.6 is 0 Å². The van der Waals surface area contributed by atoms with Gasteiger partial charge in [0.2, 0.25) is 5.88 Å². The van der Waals surface area contributed by atoms with Crippen molar-refractivity contribution < 1.29 is 9.53 Å². The van der Waals surface area contributed by atoms with Gasteiger partial charge in [0.1, 0.15) is 6.10 Å². The Balaban J connectivity index is 1.59. The molecular formula is C16H19N5O2. The molecule has 1 saturated carbocycles. The molecule has 0 bridgehead atoms. The number of hydrogen-bond acceptors (Lipinski definition) is 6. The van der Waals surface area contributed by atoms with Crippen LogP contribution in [0.15, 0.2) is 30.7 Å². The Morgan fingerprint density at radius 1 is 1.22 bits per heavy atom. The number of aromatic nitrogens is 3. The van der Waals surface area contributed by atoms with Gasteiger partial charge in [-0.1, -0.05) is 0 Å². The van der Waals surface area contributed by atoms with Gasteiger partial charge in [-0.3, -0.25) is 4.79 Å². The van der Waals surface area contributed by atoms with Crippen LogP contribution in [0.25, 0.3) is 0 Å². The van der Waals surface area contributed by atoms with E-state index in [0.717, 1.165) is 18.4 Å². The first kappa shape index (κ1) is 15.2. The average Bonchev–Trinajstić information content (AvgIpc) is 3.06. The molecule has 1 fully saturated rings. The van der Waals surface area contributed by atoms with Gasteiger partial charge in [-0.05, 0) is 37.3 Å². The number of nitrogens with zero attached hydrogens (tertiary/aromatic N) is 3. The maximum Gasteiger partial charge on any atom is 0.273 e. The van der Waals surface area contributed by atoms with Crippen LogP contribution in [0.2, 0.25) is 0 Å². The molecule has 0 aliphatic heterocycles. The molecule has 0 saturated heterocycles. The van der Waals surface area contributed by atoms with E-state index in [2.05, 4.69) is 20.3 Å². The normalized spacial score (nSPS) is 14.6. The summed E-state index contributed by atoms with van der Waals surface area (Å²) in [5.41, 5.74) is 6.68. The van der Waals surface area contributed by atoms with Crippen LogP contribution in [-0.4, -0.2) is 27.0 Å². The lowest BCUT2D eigenvalue weighted by atomic mass is 10.2. The smallest absolute Gasteiger partial charge is 0.273 e. The lowest BCUT2D eigenvalue weighted by Crippen LogP contribution is -2.25. The number of rotatable bonds is 5. The van der Waals surface area contributed by atoms with Crippen molar-refractivity contribution in [1.82, 2.24) is 20.3 Å². The Hall–Kier alpha value is -2.70. The fourth-order valence-electron chi connectivity index (χ4n) is 2.59. The van der Waals surface area contributed by atoms with E-state index in [4.69, 9.17) is 10.5 Å². The number of anilines is 1. The first-order valence-corrected chi connectivity index (χ1v) is 7.68. The lowest BCUT2D eigenvalue weighted by molar-refractivity contribution is 0.0946. The third-order valence-corrected chi connectivity index (χ3v) is 3.78. The van der Waals surface area contributed by atoms with Crippen LogP contribution in [0, 0.1) is 0 Å². The Kier molecular flexibility index (Phi) is 4.65. The Morgan fingerprint density at radius 3 is 2.78 bits per heavy atom. The van der Waals surface area contributed by atoms with Crippen molar-refractivity contribution >= 4 is 11.7 Å². The number of carbonyl (C=O) groups excluding carboxylic acids is 1. The Bertz CT molecular complexity index is 686. The van der Waals surface area contributed by atoms with E-state index in [0.29, 0.717) is 12.4 Å². The quantitative estimate of drug-likeness (QED) is 0.871. The van der Waals surface area contributed by atoms with Crippen LogP contribution in [0.3, 0.4) is 0 Å². The van der Waals surface area contributed by atoms with Crippen LogP contribution in [0.5, 0.6) is 5.88 Å². The molecule has 7 heteroatoms. The Morgan fingerprint density at radius 2 is 2.00 bits per heavy atom. The van der Waals surface area contributed by atoms with E-state index in [-0.39, 0.29) is 23.5 Å². The molecule has 0 radical (unpaired) electrons. The van der Waals surface area contributed by atoms with Gasteiger partial charge in [0, 0.05) is 31.2 Å². The summed E-state index contributed by atoms with van der Waals surface area (Å²) in [5, 5.41) is 2.77. The van der Waals surface area contributed by atoms with Gasteiger partial charge in [0.25, 0.3) is 5.91 Å². The minimum absolute atomic E-state index is 0.116. The largest absolute Gasteiger partial charge is 0.474 e. The highest BCUT2D eigenvalue weighted by Gasteiger charge is 2.17. The molecule has 0 atom stereocenters. The number of carbonyl (C=O) groups is 1. The molecule has 3 N–H and O–H groups in total. The van der Waals surface area contributed by atoms with Gasteiger partial charge >= 0.3 is 0 Å². The maximum atomic E-state index is 12.1. The molecule has 7 nitrogen and oxygen atoms in total. The summed E-state index contributed by atoms with van der Waals surface area (Å²) in [7, 11) is 0. The van der Waals surface area contributed by atoms with E-state index >= 15 is 0 Å². The number of ether oxygens (including phenoxy) is 1. The molecule has 0 unspecified atom stereocenters. The number of hydrogen-bond donors (Lipinski definition) is 2. The molecule has 23 heavy (non-hydrogen) atoms. The maximum absolute atomic E-state index is 12.1. The van der Waals surface area contributed by atoms with Gasteiger partial charge in [-0.2, -0.15) is 0 Å². The van der Waals surface area contributed by atoms with Crippen LogP contribution in [0.1, 0.15) is 41.7 Å². The molecule has 3 rings (SSSR count). The summed E-state index contributed by atoms with van der Waals surface area (Å²) in [6.45, 7) is 0.346. The molecule has 2 aromatic heterocycles. The van der Waals surface area contributed by atoms with Gasteiger partial charge < -0.3 is 15.8 Å². The number of nitrogens with one attached hydrogen (secondary N) is 1. The van der Waals surface area contributed by atoms with Crippen molar-refractivity contribution in [3.63, 3.8) is 0 Å². The minimum atomic E-state index is -0.356. The first-order chi connectivity index (χ1) is 11.2. The average molecular weight is 313 g/mol. The third-order valence-electron chi connectivity index (χ3n) is 3.78.